The molecule has 0 spiro atoms. The van der Waals surface area contributed by atoms with Crippen LogP contribution in [0.5, 0.6) is 0 Å². The molecule has 22 heavy (non-hydrogen) atoms. The molecule has 2 aliphatic heterocycles. The van der Waals surface area contributed by atoms with Crippen LogP contribution in [0.1, 0.15) is 38.5 Å². The molecule has 0 bridgehead atoms. The van der Waals surface area contributed by atoms with Crippen molar-refractivity contribution in [3.63, 3.8) is 0 Å². The summed E-state index contributed by atoms with van der Waals surface area (Å²) in [5.41, 5.74) is -0.895. The molecule has 6 nitrogen and oxygen atoms in total. The molecule has 0 amide bonds. The normalized spacial score (nSPS) is 45.6. The number of aliphatic hydroxyl groups excluding tert-OH is 3. The van der Waals surface area contributed by atoms with Gasteiger partial charge in [-0.3, -0.25) is 4.21 Å². The first kappa shape index (κ1) is 16.8. The quantitative estimate of drug-likeness (QED) is 0.542. The summed E-state index contributed by atoms with van der Waals surface area (Å²) in [4.78, 5) is 0. The topological polar surface area (TPSA) is 107 Å². The van der Waals surface area contributed by atoms with E-state index < -0.39 is 45.2 Å². The lowest BCUT2D eigenvalue weighted by molar-refractivity contribution is -0.182. The van der Waals surface area contributed by atoms with Crippen molar-refractivity contribution in [1.82, 2.24) is 0 Å². The molecular weight excluding hydrogens is 308 g/mol. The van der Waals surface area contributed by atoms with Gasteiger partial charge in [-0.2, -0.15) is 0 Å². The Labute approximate surface area is 132 Å². The highest BCUT2D eigenvalue weighted by Gasteiger charge is 2.51. The summed E-state index contributed by atoms with van der Waals surface area (Å²) >= 11 is 0. The SMILES string of the molecule is O=S1C(C2CCCC2)[C@@H](O)[C@@H](O)[C@H](O)[C@H]1CCC1(O)COC1. The Morgan fingerprint density at radius 1 is 1.05 bits per heavy atom. The van der Waals surface area contributed by atoms with Gasteiger partial charge in [-0.05, 0) is 31.6 Å². The van der Waals surface area contributed by atoms with Crippen LogP contribution in [0.15, 0.2) is 0 Å². The van der Waals surface area contributed by atoms with Crippen molar-refractivity contribution in [2.24, 2.45) is 5.92 Å². The number of rotatable bonds is 4. The van der Waals surface area contributed by atoms with E-state index in [1.54, 1.807) is 0 Å². The van der Waals surface area contributed by atoms with Gasteiger partial charge in [-0.25, -0.2) is 0 Å². The first-order valence-corrected chi connectivity index (χ1v) is 9.44. The van der Waals surface area contributed by atoms with Gasteiger partial charge in [0.1, 0.15) is 11.7 Å². The second-order valence-corrected chi connectivity index (χ2v) is 8.91. The van der Waals surface area contributed by atoms with Crippen molar-refractivity contribution in [2.75, 3.05) is 13.2 Å². The van der Waals surface area contributed by atoms with E-state index in [2.05, 4.69) is 0 Å². The van der Waals surface area contributed by atoms with E-state index in [0.29, 0.717) is 12.8 Å². The van der Waals surface area contributed by atoms with Crippen LogP contribution >= 0.6 is 0 Å². The summed E-state index contributed by atoms with van der Waals surface area (Å²) in [6, 6.07) is 0. The fraction of sp³-hybridized carbons (Fsp3) is 1.00. The van der Waals surface area contributed by atoms with E-state index in [1.807, 2.05) is 0 Å². The van der Waals surface area contributed by atoms with Gasteiger partial charge in [-0.15, -0.1) is 0 Å². The summed E-state index contributed by atoms with van der Waals surface area (Å²) in [5, 5.41) is 39.6. The van der Waals surface area contributed by atoms with Crippen molar-refractivity contribution in [3.05, 3.63) is 0 Å². The molecule has 128 valence electrons. The summed E-state index contributed by atoms with van der Waals surface area (Å²) in [7, 11) is -1.41. The third-order valence-corrected chi connectivity index (χ3v) is 7.80. The molecule has 0 aromatic rings. The highest BCUT2D eigenvalue weighted by molar-refractivity contribution is 7.86. The molecule has 1 saturated carbocycles. The average molecular weight is 334 g/mol. The van der Waals surface area contributed by atoms with E-state index in [1.165, 1.54) is 0 Å². The lowest BCUT2D eigenvalue weighted by Gasteiger charge is -2.43. The predicted molar refractivity (Wildman–Crippen MR) is 80.7 cm³/mol. The number of aliphatic hydroxyl groups is 4. The van der Waals surface area contributed by atoms with Gasteiger partial charge < -0.3 is 25.2 Å². The maximum Gasteiger partial charge on any atom is 0.111 e. The first-order valence-electron chi connectivity index (χ1n) is 8.17. The second-order valence-electron chi connectivity index (χ2n) is 7.10. The summed E-state index contributed by atoms with van der Waals surface area (Å²) < 4.78 is 17.9. The smallest absolute Gasteiger partial charge is 0.111 e. The number of hydrogen-bond donors (Lipinski definition) is 4. The van der Waals surface area contributed by atoms with Gasteiger partial charge in [-0.1, -0.05) is 12.8 Å². The van der Waals surface area contributed by atoms with Crippen molar-refractivity contribution >= 4 is 10.8 Å². The molecule has 2 heterocycles. The van der Waals surface area contributed by atoms with Gasteiger partial charge in [0.15, 0.2) is 0 Å². The van der Waals surface area contributed by atoms with E-state index in [-0.39, 0.29) is 19.1 Å². The van der Waals surface area contributed by atoms with Crippen LogP contribution < -0.4 is 0 Å². The molecule has 2 saturated heterocycles. The van der Waals surface area contributed by atoms with Crippen LogP contribution in [-0.2, 0) is 15.5 Å². The van der Waals surface area contributed by atoms with Crippen LogP contribution in [-0.4, -0.2) is 72.3 Å². The predicted octanol–water partition coefficient (Wildman–Crippen LogP) is -0.700. The van der Waals surface area contributed by atoms with Crippen molar-refractivity contribution in [2.45, 2.75) is 72.9 Å². The molecule has 0 aromatic heterocycles. The van der Waals surface area contributed by atoms with E-state index >= 15 is 0 Å². The minimum absolute atomic E-state index is 0.149. The van der Waals surface area contributed by atoms with E-state index in [9.17, 15) is 24.6 Å². The van der Waals surface area contributed by atoms with Gasteiger partial charge in [0, 0.05) is 10.8 Å². The summed E-state index contributed by atoms with van der Waals surface area (Å²) in [5.74, 6) is 0.149. The third kappa shape index (κ3) is 2.99. The summed E-state index contributed by atoms with van der Waals surface area (Å²) in [6.45, 7) is 0.527. The van der Waals surface area contributed by atoms with Crippen LogP contribution in [0.3, 0.4) is 0 Å². The van der Waals surface area contributed by atoms with Crippen molar-refractivity contribution < 1.29 is 29.4 Å². The zero-order valence-corrected chi connectivity index (χ0v) is 13.5. The maximum absolute atomic E-state index is 12.9. The lowest BCUT2D eigenvalue weighted by atomic mass is 9.89. The molecule has 7 heteroatoms. The molecule has 3 fully saturated rings. The summed E-state index contributed by atoms with van der Waals surface area (Å²) in [6.07, 6.45) is 1.10. The van der Waals surface area contributed by atoms with Gasteiger partial charge in [0.2, 0.25) is 0 Å². The largest absolute Gasteiger partial charge is 0.389 e. The Morgan fingerprint density at radius 2 is 1.68 bits per heavy atom. The monoisotopic (exact) mass is 334 g/mol. The fourth-order valence-electron chi connectivity index (χ4n) is 4.03. The van der Waals surface area contributed by atoms with Crippen LogP contribution in [0.25, 0.3) is 0 Å². The first-order chi connectivity index (χ1) is 10.4. The van der Waals surface area contributed by atoms with Gasteiger partial charge in [0.05, 0.1) is 35.9 Å². The molecule has 0 radical (unpaired) electrons. The highest BCUT2D eigenvalue weighted by atomic mass is 32.2. The Balaban J connectivity index is 1.71. The van der Waals surface area contributed by atoms with Crippen LogP contribution in [0.4, 0.5) is 0 Å². The van der Waals surface area contributed by atoms with E-state index in [0.717, 1.165) is 25.7 Å². The minimum Gasteiger partial charge on any atom is -0.389 e. The molecule has 0 aromatic carbocycles. The van der Waals surface area contributed by atoms with Crippen LogP contribution in [0, 0.1) is 5.92 Å². The molecule has 1 aliphatic carbocycles. The average Bonchev–Trinajstić information content (AvgIpc) is 2.97. The number of hydrogen-bond acceptors (Lipinski definition) is 6. The zero-order chi connectivity index (χ0) is 15.9. The van der Waals surface area contributed by atoms with Gasteiger partial charge >= 0.3 is 0 Å². The van der Waals surface area contributed by atoms with E-state index in [4.69, 9.17) is 4.74 Å². The van der Waals surface area contributed by atoms with Gasteiger partial charge in [0.25, 0.3) is 0 Å². The lowest BCUT2D eigenvalue weighted by Crippen LogP contribution is -2.61. The molecule has 4 N–H and O–H groups in total. The maximum atomic E-state index is 12.9. The Morgan fingerprint density at radius 3 is 2.23 bits per heavy atom. The molecular formula is C15H26O6S. The zero-order valence-electron chi connectivity index (χ0n) is 12.6. The highest BCUT2D eigenvalue weighted by Crippen LogP contribution is 2.39. The second kappa shape index (κ2) is 6.45. The fourth-order valence-corrected chi connectivity index (χ4v) is 6.30. The number of ether oxygens (including phenoxy) is 1. The molecule has 6 atom stereocenters. The van der Waals surface area contributed by atoms with Crippen LogP contribution in [0.2, 0.25) is 0 Å². The minimum atomic E-state index is -1.41. The Kier molecular flexibility index (Phi) is 4.93. The molecule has 3 aliphatic rings. The Bertz CT molecular complexity index is 420. The molecule has 3 rings (SSSR count). The standard InChI is InChI=1S/C15H26O6S/c16-11-10(5-6-15(19)7-21-8-15)22(20)14(13(18)12(11)17)9-3-1-2-4-9/h9-14,16-19H,1-8H2/t10-,11-,12+,13+,14?,22?/m1/s1. The van der Waals surface area contributed by atoms with Crippen molar-refractivity contribution in [1.29, 1.82) is 0 Å². The van der Waals surface area contributed by atoms with Crippen molar-refractivity contribution in [3.8, 4) is 0 Å². The molecule has 2 unspecified atom stereocenters. The third-order valence-electron chi connectivity index (χ3n) is 5.48. The Hall–Kier alpha value is -0.0500.